The molecule has 148 valence electrons. The molecule has 7 heteroatoms. The fourth-order valence-electron chi connectivity index (χ4n) is 2.51. The van der Waals surface area contributed by atoms with Crippen LogP contribution in [-0.4, -0.2) is 33.3 Å². The topological polar surface area (TPSA) is 78.1 Å². The summed E-state index contributed by atoms with van der Waals surface area (Å²) in [6, 6.07) is 13.5. The summed E-state index contributed by atoms with van der Waals surface area (Å²) in [5.74, 6) is 2.90. The van der Waals surface area contributed by atoms with Crippen LogP contribution in [0.2, 0.25) is 0 Å². The van der Waals surface area contributed by atoms with Gasteiger partial charge in [0.25, 0.3) is 0 Å². The summed E-state index contributed by atoms with van der Waals surface area (Å²) >= 11 is 0. The molecule has 0 atom stereocenters. The number of methoxy groups -OCH3 is 2. The molecule has 0 radical (unpaired) electrons. The van der Waals surface area contributed by atoms with Crippen LogP contribution in [-0.2, 0) is 0 Å². The standard InChI is InChI=1S/C20H27N3O3.HI/c1-14(2)16-7-5-6-8-17(16)26-12-11-22-20(21)23-15-9-10-18(24-3)19(13-15)25-4;/h5-10,13-14H,11-12H2,1-4H3,(H3,21,22,23);1H. The van der Waals surface area contributed by atoms with Gasteiger partial charge in [0.2, 0.25) is 0 Å². The van der Waals surface area contributed by atoms with Crippen LogP contribution >= 0.6 is 24.0 Å². The highest BCUT2D eigenvalue weighted by atomic mass is 127. The van der Waals surface area contributed by atoms with Gasteiger partial charge in [-0.15, -0.1) is 24.0 Å². The summed E-state index contributed by atoms with van der Waals surface area (Å²) < 4.78 is 16.3. The molecule has 0 spiro atoms. The Morgan fingerprint density at radius 2 is 1.74 bits per heavy atom. The lowest BCUT2D eigenvalue weighted by Gasteiger charge is -2.13. The zero-order valence-corrected chi connectivity index (χ0v) is 18.5. The number of nitrogens with zero attached hydrogens (tertiary/aromatic N) is 1. The molecule has 2 aromatic carbocycles. The molecular formula is C20H28IN3O3. The molecule has 0 aliphatic carbocycles. The van der Waals surface area contributed by atoms with Gasteiger partial charge < -0.3 is 25.3 Å². The zero-order chi connectivity index (χ0) is 18.9. The third-order valence-corrected chi connectivity index (χ3v) is 3.83. The predicted molar refractivity (Wildman–Crippen MR) is 121 cm³/mol. The van der Waals surface area contributed by atoms with E-state index in [1.807, 2.05) is 24.3 Å². The van der Waals surface area contributed by atoms with Gasteiger partial charge >= 0.3 is 0 Å². The molecular weight excluding hydrogens is 457 g/mol. The molecule has 2 rings (SSSR count). The first-order chi connectivity index (χ1) is 12.5. The van der Waals surface area contributed by atoms with Gasteiger partial charge in [-0.3, -0.25) is 0 Å². The normalized spacial score (nSPS) is 10.9. The number of hydrogen-bond donors (Lipinski definition) is 2. The number of guanidine groups is 1. The van der Waals surface area contributed by atoms with E-state index in [0.29, 0.717) is 36.5 Å². The number of rotatable bonds is 8. The number of benzene rings is 2. The molecule has 0 unspecified atom stereocenters. The lowest BCUT2D eigenvalue weighted by atomic mass is 10.0. The molecule has 0 aromatic heterocycles. The minimum atomic E-state index is 0. The third-order valence-electron chi connectivity index (χ3n) is 3.83. The van der Waals surface area contributed by atoms with E-state index in [1.165, 1.54) is 5.56 Å². The van der Waals surface area contributed by atoms with E-state index in [9.17, 15) is 0 Å². The smallest absolute Gasteiger partial charge is 0.193 e. The Bertz CT molecular complexity index is 751. The van der Waals surface area contributed by atoms with Gasteiger partial charge in [0.1, 0.15) is 12.4 Å². The van der Waals surface area contributed by atoms with Crippen molar-refractivity contribution in [3.63, 3.8) is 0 Å². The maximum atomic E-state index is 5.94. The minimum absolute atomic E-state index is 0. The van der Waals surface area contributed by atoms with Crippen LogP contribution in [0, 0.1) is 0 Å². The number of halogens is 1. The van der Waals surface area contributed by atoms with Crippen molar-refractivity contribution in [2.45, 2.75) is 19.8 Å². The average Bonchev–Trinajstić information content (AvgIpc) is 2.65. The highest BCUT2D eigenvalue weighted by molar-refractivity contribution is 14.0. The molecule has 0 heterocycles. The molecule has 3 N–H and O–H groups in total. The number of nitrogens with one attached hydrogen (secondary N) is 1. The molecule has 0 bridgehead atoms. The van der Waals surface area contributed by atoms with E-state index in [-0.39, 0.29) is 24.0 Å². The number of para-hydroxylation sites is 1. The molecule has 0 fully saturated rings. The summed E-state index contributed by atoms with van der Waals surface area (Å²) in [5, 5.41) is 3.03. The zero-order valence-electron chi connectivity index (χ0n) is 16.2. The van der Waals surface area contributed by atoms with Crippen LogP contribution in [0.4, 0.5) is 5.69 Å². The van der Waals surface area contributed by atoms with Crippen LogP contribution in [0.15, 0.2) is 47.5 Å². The van der Waals surface area contributed by atoms with E-state index in [0.717, 1.165) is 11.4 Å². The first-order valence-electron chi connectivity index (χ1n) is 8.55. The van der Waals surface area contributed by atoms with Crippen LogP contribution < -0.4 is 25.3 Å². The molecule has 0 aliphatic heterocycles. The maximum absolute atomic E-state index is 5.94. The van der Waals surface area contributed by atoms with Gasteiger partial charge in [0.15, 0.2) is 17.5 Å². The Morgan fingerprint density at radius 1 is 1.04 bits per heavy atom. The summed E-state index contributed by atoms with van der Waals surface area (Å²) in [6.45, 7) is 5.20. The number of anilines is 1. The lowest BCUT2D eigenvalue weighted by molar-refractivity contribution is 0.324. The van der Waals surface area contributed by atoms with Crippen LogP contribution in [0.1, 0.15) is 25.3 Å². The molecule has 0 aliphatic rings. The summed E-state index contributed by atoms with van der Waals surface area (Å²) in [6.07, 6.45) is 0. The van der Waals surface area contributed by atoms with Crippen LogP contribution in [0.3, 0.4) is 0 Å². The van der Waals surface area contributed by atoms with Crippen molar-refractivity contribution in [3.05, 3.63) is 48.0 Å². The predicted octanol–water partition coefficient (Wildman–Crippen LogP) is 4.25. The summed E-state index contributed by atoms with van der Waals surface area (Å²) in [4.78, 5) is 4.29. The van der Waals surface area contributed by atoms with Gasteiger partial charge in [-0.1, -0.05) is 32.0 Å². The second kappa shape index (κ2) is 11.5. The molecule has 27 heavy (non-hydrogen) atoms. The third kappa shape index (κ3) is 6.82. The minimum Gasteiger partial charge on any atom is -0.493 e. The van der Waals surface area contributed by atoms with E-state index < -0.39 is 0 Å². The van der Waals surface area contributed by atoms with E-state index >= 15 is 0 Å². The Labute approximate surface area is 178 Å². The van der Waals surface area contributed by atoms with Gasteiger partial charge in [0, 0.05) is 11.8 Å². The van der Waals surface area contributed by atoms with E-state index in [1.54, 1.807) is 26.4 Å². The van der Waals surface area contributed by atoms with Crippen molar-refractivity contribution < 1.29 is 14.2 Å². The van der Waals surface area contributed by atoms with Gasteiger partial charge in [0.05, 0.1) is 20.8 Å². The van der Waals surface area contributed by atoms with Crippen molar-refractivity contribution in [3.8, 4) is 17.2 Å². The largest absolute Gasteiger partial charge is 0.493 e. The fourth-order valence-corrected chi connectivity index (χ4v) is 2.51. The van der Waals surface area contributed by atoms with Crippen LogP contribution in [0.25, 0.3) is 0 Å². The lowest BCUT2D eigenvalue weighted by Crippen LogP contribution is -2.23. The van der Waals surface area contributed by atoms with Gasteiger partial charge in [-0.05, 0) is 29.7 Å². The fraction of sp³-hybridized carbons (Fsp3) is 0.350. The first-order valence-corrected chi connectivity index (χ1v) is 8.55. The Hall–Kier alpha value is -2.16. The second-order valence-corrected chi connectivity index (χ2v) is 6.00. The highest BCUT2D eigenvalue weighted by Gasteiger charge is 2.07. The quantitative estimate of drug-likeness (QED) is 0.253. The van der Waals surface area contributed by atoms with Crippen molar-refractivity contribution >= 4 is 35.6 Å². The number of ether oxygens (including phenoxy) is 3. The van der Waals surface area contributed by atoms with Crippen molar-refractivity contribution in [1.82, 2.24) is 0 Å². The van der Waals surface area contributed by atoms with E-state index in [2.05, 4.69) is 30.2 Å². The molecule has 2 aromatic rings. The summed E-state index contributed by atoms with van der Waals surface area (Å²) in [5.41, 5.74) is 7.90. The van der Waals surface area contributed by atoms with Gasteiger partial charge in [-0.25, -0.2) is 4.99 Å². The molecule has 0 saturated carbocycles. The summed E-state index contributed by atoms with van der Waals surface area (Å²) in [7, 11) is 3.18. The molecule has 0 amide bonds. The Kier molecular flexibility index (Phi) is 9.77. The monoisotopic (exact) mass is 485 g/mol. The van der Waals surface area contributed by atoms with E-state index in [4.69, 9.17) is 19.9 Å². The Balaban J connectivity index is 0.00000364. The number of hydrogen-bond acceptors (Lipinski definition) is 4. The molecule has 0 saturated heterocycles. The highest BCUT2D eigenvalue weighted by Crippen LogP contribution is 2.29. The SMILES string of the molecule is COc1ccc(NC(N)=NCCOc2ccccc2C(C)C)cc1OC.I. The Morgan fingerprint density at radius 3 is 2.41 bits per heavy atom. The maximum Gasteiger partial charge on any atom is 0.193 e. The molecule has 6 nitrogen and oxygen atoms in total. The average molecular weight is 485 g/mol. The van der Waals surface area contributed by atoms with Crippen molar-refractivity contribution in [2.24, 2.45) is 10.7 Å². The van der Waals surface area contributed by atoms with Crippen molar-refractivity contribution in [1.29, 1.82) is 0 Å². The van der Waals surface area contributed by atoms with Crippen molar-refractivity contribution in [2.75, 3.05) is 32.7 Å². The number of nitrogens with two attached hydrogens (primary N) is 1. The first kappa shape index (κ1) is 22.9. The second-order valence-electron chi connectivity index (χ2n) is 6.00. The number of aliphatic imine (C=N–C) groups is 1. The van der Waals surface area contributed by atoms with Gasteiger partial charge in [-0.2, -0.15) is 0 Å². The van der Waals surface area contributed by atoms with Crippen LogP contribution in [0.5, 0.6) is 17.2 Å².